The Hall–Kier alpha value is -1.39. The predicted octanol–water partition coefficient (Wildman–Crippen LogP) is -0.639. The third-order valence-corrected chi connectivity index (χ3v) is 1.12. The molecule has 0 radical (unpaired) electrons. The Kier molecular flexibility index (Phi) is 2.12. The van der Waals surface area contributed by atoms with Gasteiger partial charge in [-0.1, -0.05) is 0 Å². The zero-order valence-electron chi connectivity index (χ0n) is 5.20. The summed E-state index contributed by atoms with van der Waals surface area (Å²) in [5, 5.41) is 16.4. The third kappa shape index (κ3) is 1.12. The first-order valence-electron chi connectivity index (χ1n) is 2.38. The first-order chi connectivity index (χ1) is 4.45. The molecule has 0 saturated carbocycles. The Balaban J connectivity index is 4.72. The molecule has 0 saturated heterocycles. The van der Waals surface area contributed by atoms with Crippen LogP contribution in [0.4, 0.5) is 0 Å². The highest BCUT2D eigenvalue weighted by Gasteiger charge is 2.41. The van der Waals surface area contributed by atoms with Gasteiger partial charge in [0, 0.05) is 0 Å². The van der Waals surface area contributed by atoms with Gasteiger partial charge >= 0.3 is 11.9 Å². The number of aliphatic carboxylic acids is 2. The summed E-state index contributed by atoms with van der Waals surface area (Å²) < 4.78 is 0. The Morgan fingerprint density at radius 3 is 1.60 bits per heavy atom. The quantitative estimate of drug-likeness (QED) is 0.408. The standard InChI is InChI=1S/C5H6O5/c1-5(2-6,3(7)8)4(9)10/h2H,1H3,(H,7,8)(H,9,10). The summed E-state index contributed by atoms with van der Waals surface area (Å²) in [5.74, 6) is -3.31. The van der Waals surface area contributed by atoms with Gasteiger partial charge in [-0.15, -0.1) is 0 Å². The maximum Gasteiger partial charge on any atom is 0.328 e. The molecule has 0 aromatic carbocycles. The molecule has 0 aromatic heterocycles. The molecule has 2 N–H and O–H groups in total. The second-order valence-corrected chi connectivity index (χ2v) is 1.93. The van der Waals surface area contributed by atoms with Crippen molar-refractivity contribution in [3.8, 4) is 0 Å². The molecule has 0 spiro atoms. The Labute approximate surface area is 56.3 Å². The summed E-state index contributed by atoms with van der Waals surface area (Å²) in [6.07, 6.45) is -0.113. The summed E-state index contributed by atoms with van der Waals surface area (Å²) in [5.41, 5.74) is -2.31. The fourth-order valence-corrected chi connectivity index (χ4v) is 0.192. The molecule has 0 aliphatic carbocycles. The molecule has 10 heavy (non-hydrogen) atoms. The number of hydrogen-bond donors (Lipinski definition) is 2. The number of aldehydes is 1. The van der Waals surface area contributed by atoms with Crippen molar-refractivity contribution >= 4 is 18.2 Å². The first kappa shape index (κ1) is 8.61. The van der Waals surface area contributed by atoms with E-state index >= 15 is 0 Å². The van der Waals surface area contributed by atoms with Crippen molar-refractivity contribution in [3.05, 3.63) is 0 Å². The summed E-state index contributed by atoms with van der Waals surface area (Å²) >= 11 is 0. The number of carbonyl (C=O) groups is 3. The first-order valence-corrected chi connectivity index (χ1v) is 2.38. The van der Waals surface area contributed by atoms with Gasteiger partial charge in [-0.25, -0.2) is 0 Å². The van der Waals surface area contributed by atoms with Crippen LogP contribution in [0.25, 0.3) is 0 Å². The molecular formula is C5H6O5. The van der Waals surface area contributed by atoms with E-state index in [1.165, 1.54) is 0 Å². The van der Waals surface area contributed by atoms with Crippen molar-refractivity contribution in [2.75, 3.05) is 0 Å². The SMILES string of the molecule is CC(C=O)(C(=O)O)C(=O)O. The zero-order chi connectivity index (χ0) is 8.36. The summed E-state index contributed by atoms with van der Waals surface area (Å²) in [6, 6.07) is 0. The molecule has 5 nitrogen and oxygen atoms in total. The Morgan fingerprint density at radius 2 is 1.60 bits per heavy atom. The van der Waals surface area contributed by atoms with E-state index in [-0.39, 0.29) is 6.29 Å². The van der Waals surface area contributed by atoms with Crippen LogP contribution >= 0.6 is 0 Å². The van der Waals surface area contributed by atoms with E-state index in [0.29, 0.717) is 0 Å². The van der Waals surface area contributed by atoms with Crippen molar-refractivity contribution in [2.45, 2.75) is 6.92 Å². The monoisotopic (exact) mass is 146 g/mol. The molecule has 0 aliphatic rings. The highest BCUT2D eigenvalue weighted by atomic mass is 16.4. The van der Waals surface area contributed by atoms with Crippen LogP contribution in [0.3, 0.4) is 0 Å². The molecule has 56 valence electrons. The second kappa shape index (κ2) is 2.47. The van der Waals surface area contributed by atoms with Crippen LogP contribution in [0, 0.1) is 5.41 Å². The van der Waals surface area contributed by atoms with Gasteiger partial charge in [0.15, 0.2) is 0 Å². The van der Waals surface area contributed by atoms with Crippen LogP contribution in [-0.4, -0.2) is 28.4 Å². The van der Waals surface area contributed by atoms with Gasteiger partial charge in [0.05, 0.1) is 0 Å². The van der Waals surface area contributed by atoms with Crippen molar-refractivity contribution < 1.29 is 24.6 Å². The van der Waals surface area contributed by atoms with Crippen LogP contribution in [0.1, 0.15) is 6.92 Å². The molecule has 0 aromatic rings. The molecule has 0 atom stereocenters. The van der Waals surface area contributed by atoms with Gasteiger partial charge in [0.2, 0.25) is 5.41 Å². The molecular weight excluding hydrogens is 140 g/mol. The highest BCUT2D eigenvalue weighted by molar-refractivity contribution is 6.11. The Morgan fingerprint density at radius 1 is 1.30 bits per heavy atom. The smallest absolute Gasteiger partial charge is 0.328 e. The number of rotatable bonds is 3. The van der Waals surface area contributed by atoms with E-state index in [2.05, 4.69) is 0 Å². The zero-order valence-corrected chi connectivity index (χ0v) is 5.20. The van der Waals surface area contributed by atoms with Gasteiger partial charge in [0.1, 0.15) is 6.29 Å². The van der Waals surface area contributed by atoms with Crippen molar-refractivity contribution in [1.29, 1.82) is 0 Å². The minimum atomic E-state index is -2.31. The maximum absolute atomic E-state index is 10.1. The maximum atomic E-state index is 10.1. The normalized spacial score (nSPS) is 10.5. The summed E-state index contributed by atoms with van der Waals surface area (Å²) in [4.78, 5) is 30.1. The van der Waals surface area contributed by atoms with Crippen molar-refractivity contribution in [2.24, 2.45) is 5.41 Å². The van der Waals surface area contributed by atoms with Gasteiger partial charge in [0.25, 0.3) is 0 Å². The van der Waals surface area contributed by atoms with Crippen LogP contribution in [-0.2, 0) is 14.4 Å². The van der Waals surface area contributed by atoms with E-state index in [1.807, 2.05) is 0 Å². The lowest BCUT2D eigenvalue weighted by Crippen LogP contribution is -2.37. The van der Waals surface area contributed by atoms with Gasteiger partial charge < -0.3 is 15.0 Å². The lowest BCUT2D eigenvalue weighted by molar-refractivity contribution is -0.163. The number of hydrogen-bond acceptors (Lipinski definition) is 3. The van der Waals surface area contributed by atoms with Gasteiger partial charge in [-0.2, -0.15) is 0 Å². The Bertz CT molecular complexity index is 168. The van der Waals surface area contributed by atoms with Gasteiger partial charge in [-0.3, -0.25) is 9.59 Å². The van der Waals surface area contributed by atoms with Gasteiger partial charge in [-0.05, 0) is 6.92 Å². The average molecular weight is 146 g/mol. The average Bonchev–Trinajstić information content (AvgIpc) is 1.85. The highest BCUT2D eigenvalue weighted by Crippen LogP contribution is 2.12. The van der Waals surface area contributed by atoms with E-state index in [9.17, 15) is 14.4 Å². The molecule has 0 bridgehead atoms. The topological polar surface area (TPSA) is 91.7 Å². The fraction of sp³-hybridized carbons (Fsp3) is 0.400. The molecule has 0 heterocycles. The van der Waals surface area contributed by atoms with Crippen molar-refractivity contribution in [1.82, 2.24) is 0 Å². The third-order valence-electron chi connectivity index (χ3n) is 1.12. The number of carboxylic acid groups (broad SMARTS) is 2. The summed E-state index contributed by atoms with van der Waals surface area (Å²) in [6.45, 7) is 0.824. The largest absolute Gasteiger partial charge is 0.480 e. The predicted molar refractivity (Wildman–Crippen MR) is 29.4 cm³/mol. The molecule has 0 amide bonds. The number of carbonyl (C=O) groups excluding carboxylic acids is 1. The molecule has 0 aliphatic heterocycles. The van der Waals surface area contributed by atoms with E-state index < -0.39 is 17.4 Å². The molecule has 0 unspecified atom stereocenters. The lowest BCUT2D eigenvalue weighted by atomic mass is 9.94. The molecule has 5 heteroatoms. The van der Waals surface area contributed by atoms with E-state index in [0.717, 1.165) is 6.92 Å². The van der Waals surface area contributed by atoms with Crippen LogP contribution in [0.15, 0.2) is 0 Å². The minimum Gasteiger partial charge on any atom is -0.480 e. The lowest BCUT2D eigenvalue weighted by Gasteiger charge is -2.09. The molecule has 0 fully saturated rings. The molecule has 0 rings (SSSR count). The van der Waals surface area contributed by atoms with E-state index in [4.69, 9.17) is 10.2 Å². The van der Waals surface area contributed by atoms with Crippen LogP contribution < -0.4 is 0 Å². The second-order valence-electron chi connectivity index (χ2n) is 1.93. The van der Waals surface area contributed by atoms with Crippen molar-refractivity contribution in [3.63, 3.8) is 0 Å². The fourth-order valence-electron chi connectivity index (χ4n) is 0.192. The van der Waals surface area contributed by atoms with Crippen LogP contribution in [0.5, 0.6) is 0 Å². The minimum absolute atomic E-state index is 0.113. The van der Waals surface area contributed by atoms with Crippen LogP contribution in [0.2, 0.25) is 0 Å². The van der Waals surface area contributed by atoms with E-state index in [1.54, 1.807) is 0 Å². The summed E-state index contributed by atoms with van der Waals surface area (Å²) in [7, 11) is 0. The number of carboxylic acids is 2.